The van der Waals surface area contributed by atoms with Crippen LogP contribution < -0.4 is 5.32 Å². The van der Waals surface area contributed by atoms with E-state index in [9.17, 15) is 4.79 Å². The Hall–Kier alpha value is -2.48. The van der Waals surface area contributed by atoms with Gasteiger partial charge in [0.05, 0.1) is 24.0 Å². The van der Waals surface area contributed by atoms with Crippen LogP contribution in [0.5, 0.6) is 0 Å². The van der Waals surface area contributed by atoms with Gasteiger partial charge in [0.1, 0.15) is 0 Å². The van der Waals surface area contributed by atoms with E-state index in [1.807, 2.05) is 18.6 Å². The van der Waals surface area contributed by atoms with Gasteiger partial charge >= 0.3 is 0 Å². The number of rotatable bonds is 3. The number of H-pyrrole nitrogens is 1. The quantitative estimate of drug-likeness (QED) is 0.772. The molecule has 7 nitrogen and oxygen atoms in total. The van der Waals surface area contributed by atoms with Crippen molar-refractivity contribution in [2.24, 2.45) is 7.05 Å². The van der Waals surface area contributed by atoms with Gasteiger partial charge in [0.15, 0.2) is 5.13 Å². The third-order valence-corrected chi connectivity index (χ3v) is 4.86. The average molecular weight is 328 g/mol. The van der Waals surface area contributed by atoms with E-state index >= 15 is 0 Å². The number of amides is 1. The molecule has 118 valence electrons. The summed E-state index contributed by atoms with van der Waals surface area (Å²) in [5, 5.41) is 16.7. The second-order valence-corrected chi connectivity index (χ2v) is 6.54. The number of aromatic amines is 1. The molecule has 1 aliphatic rings. The summed E-state index contributed by atoms with van der Waals surface area (Å²) in [5.41, 5.74) is 3.86. The zero-order valence-corrected chi connectivity index (χ0v) is 13.4. The lowest BCUT2D eigenvalue weighted by Crippen LogP contribution is -2.24. The van der Waals surface area contributed by atoms with Crippen molar-refractivity contribution in [1.29, 1.82) is 0 Å². The highest BCUT2D eigenvalue weighted by Crippen LogP contribution is 2.32. The number of carbonyl (C=O) groups excluding carboxylic acids is 1. The minimum atomic E-state index is -0.150. The number of hydrogen-bond acceptors (Lipinski definition) is 5. The molecular weight excluding hydrogens is 312 g/mol. The van der Waals surface area contributed by atoms with Gasteiger partial charge in [-0.15, -0.1) is 11.3 Å². The molecule has 1 unspecified atom stereocenters. The Balaban J connectivity index is 1.51. The molecule has 2 N–H and O–H groups in total. The molecule has 0 bridgehead atoms. The predicted octanol–water partition coefficient (Wildman–Crippen LogP) is 2.33. The highest BCUT2D eigenvalue weighted by Gasteiger charge is 2.28. The Morgan fingerprint density at radius 3 is 3.22 bits per heavy atom. The Bertz CT molecular complexity index is 848. The van der Waals surface area contributed by atoms with Gasteiger partial charge in [-0.1, -0.05) is 0 Å². The van der Waals surface area contributed by atoms with Crippen LogP contribution in [0.3, 0.4) is 0 Å². The number of aryl methyl sites for hydroxylation is 2. The first-order valence-electron chi connectivity index (χ1n) is 7.48. The highest BCUT2D eigenvalue weighted by molar-refractivity contribution is 7.14. The fourth-order valence-electron chi connectivity index (χ4n) is 2.94. The van der Waals surface area contributed by atoms with Gasteiger partial charge in [-0.05, 0) is 19.3 Å². The summed E-state index contributed by atoms with van der Waals surface area (Å²) in [7, 11) is 1.87. The second kappa shape index (κ2) is 5.62. The number of anilines is 1. The maximum Gasteiger partial charge on any atom is 0.233 e. The molecule has 0 aromatic carbocycles. The van der Waals surface area contributed by atoms with Crippen LogP contribution in [0.2, 0.25) is 0 Å². The molecule has 8 heteroatoms. The van der Waals surface area contributed by atoms with Crippen molar-refractivity contribution in [3.8, 4) is 11.3 Å². The first kappa shape index (κ1) is 14.1. The van der Waals surface area contributed by atoms with Crippen molar-refractivity contribution < 1.29 is 4.79 Å². The van der Waals surface area contributed by atoms with Crippen LogP contribution >= 0.6 is 11.3 Å². The largest absolute Gasteiger partial charge is 0.301 e. The summed E-state index contributed by atoms with van der Waals surface area (Å²) in [6.07, 6.45) is 8.23. The standard InChI is InChI=1S/C15H16N6OS/c1-21-7-9(5-17-21)13-8-23-15(18-13)19-14(22)10-3-2-4-12-11(10)6-16-20-12/h5-8,10H,2-4H2,1H3,(H,16,20)(H,18,19,22). The summed E-state index contributed by atoms with van der Waals surface area (Å²) >= 11 is 1.43. The Morgan fingerprint density at radius 2 is 2.39 bits per heavy atom. The number of fused-ring (bicyclic) bond motifs is 1. The smallest absolute Gasteiger partial charge is 0.233 e. The van der Waals surface area contributed by atoms with Crippen LogP contribution in [0.25, 0.3) is 11.3 Å². The van der Waals surface area contributed by atoms with Gasteiger partial charge in [0.2, 0.25) is 5.91 Å². The Kier molecular flexibility index (Phi) is 3.45. The summed E-state index contributed by atoms with van der Waals surface area (Å²) < 4.78 is 1.73. The summed E-state index contributed by atoms with van der Waals surface area (Å²) in [6, 6.07) is 0. The molecular formula is C15H16N6OS. The van der Waals surface area contributed by atoms with Crippen molar-refractivity contribution in [2.45, 2.75) is 25.2 Å². The fourth-order valence-corrected chi connectivity index (χ4v) is 3.67. The lowest BCUT2D eigenvalue weighted by molar-refractivity contribution is -0.117. The van der Waals surface area contributed by atoms with E-state index in [1.165, 1.54) is 11.3 Å². The van der Waals surface area contributed by atoms with Gasteiger partial charge in [-0.2, -0.15) is 10.2 Å². The molecule has 1 aliphatic carbocycles. The van der Waals surface area contributed by atoms with E-state index in [2.05, 4.69) is 25.6 Å². The van der Waals surface area contributed by atoms with E-state index < -0.39 is 0 Å². The van der Waals surface area contributed by atoms with Crippen molar-refractivity contribution in [3.63, 3.8) is 0 Å². The molecule has 1 atom stereocenters. The second-order valence-electron chi connectivity index (χ2n) is 5.68. The van der Waals surface area contributed by atoms with Gasteiger partial charge in [0.25, 0.3) is 0 Å². The van der Waals surface area contributed by atoms with Crippen LogP contribution in [-0.4, -0.2) is 30.9 Å². The number of nitrogens with one attached hydrogen (secondary N) is 2. The van der Waals surface area contributed by atoms with Crippen LogP contribution in [0.1, 0.15) is 30.0 Å². The zero-order valence-electron chi connectivity index (χ0n) is 12.6. The molecule has 0 saturated carbocycles. The SMILES string of the molecule is Cn1cc(-c2csc(NC(=O)C3CCCc4[nH]ncc43)n2)cn1. The Labute approximate surface area is 136 Å². The third-order valence-electron chi connectivity index (χ3n) is 4.10. The first-order chi connectivity index (χ1) is 11.2. The molecule has 0 fully saturated rings. The van der Waals surface area contributed by atoms with Crippen LogP contribution in [0.4, 0.5) is 5.13 Å². The van der Waals surface area contributed by atoms with Crippen molar-refractivity contribution in [3.05, 3.63) is 35.2 Å². The zero-order chi connectivity index (χ0) is 15.8. The van der Waals surface area contributed by atoms with Crippen molar-refractivity contribution in [1.82, 2.24) is 25.0 Å². The maximum atomic E-state index is 12.6. The Morgan fingerprint density at radius 1 is 1.48 bits per heavy atom. The van der Waals surface area contributed by atoms with E-state index in [1.54, 1.807) is 17.1 Å². The van der Waals surface area contributed by atoms with Gasteiger partial charge in [-0.3, -0.25) is 14.6 Å². The number of aromatic nitrogens is 5. The molecule has 0 saturated heterocycles. The summed E-state index contributed by atoms with van der Waals surface area (Å²) in [6.45, 7) is 0. The van der Waals surface area contributed by atoms with Crippen LogP contribution in [-0.2, 0) is 18.3 Å². The molecule has 0 aliphatic heterocycles. The van der Waals surface area contributed by atoms with Gasteiger partial charge < -0.3 is 5.32 Å². The van der Waals surface area contributed by atoms with Gasteiger partial charge in [0, 0.05) is 35.4 Å². The van der Waals surface area contributed by atoms with Crippen LogP contribution in [0, 0.1) is 0 Å². The molecule has 3 aromatic rings. The molecule has 3 heterocycles. The van der Waals surface area contributed by atoms with E-state index in [-0.39, 0.29) is 11.8 Å². The topological polar surface area (TPSA) is 88.5 Å². The predicted molar refractivity (Wildman–Crippen MR) is 87.2 cm³/mol. The molecule has 23 heavy (non-hydrogen) atoms. The number of carbonyl (C=O) groups is 1. The van der Waals surface area contributed by atoms with Gasteiger partial charge in [-0.25, -0.2) is 4.98 Å². The normalized spacial score (nSPS) is 17.0. The number of thiazole rings is 1. The minimum Gasteiger partial charge on any atom is -0.301 e. The highest BCUT2D eigenvalue weighted by atomic mass is 32.1. The first-order valence-corrected chi connectivity index (χ1v) is 8.36. The number of hydrogen-bond donors (Lipinski definition) is 2. The maximum absolute atomic E-state index is 12.6. The number of nitrogens with zero attached hydrogens (tertiary/aromatic N) is 4. The molecule has 4 rings (SSSR count). The molecule has 3 aromatic heterocycles. The monoisotopic (exact) mass is 328 g/mol. The molecule has 0 spiro atoms. The van der Waals surface area contributed by atoms with Crippen LogP contribution in [0.15, 0.2) is 24.0 Å². The fraction of sp³-hybridized carbons (Fsp3) is 0.333. The average Bonchev–Trinajstić information content (AvgIpc) is 3.26. The van der Waals surface area contributed by atoms with Crippen molar-refractivity contribution in [2.75, 3.05) is 5.32 Å². The summed E-state index contributed by atoms with van der Waals surface area (Å²) in [4.78, 5) is 17.1. The van der Waals surface area contributed by atoms with E-state index in [4.69, 9.17) is 0 Å². The molecule has 0 radical (unpaired) electrons. The third kappa shape index (κ3) is 2.65. The lowest BCUT2D eigenvalue weighted by Gasteiger charge is -2.20. The van der Waals surface area contributed by atoms with E-state index in [0.717, 1.165) is 41.8 Å². The summed E-state index contributed by atoms with van der Waals surface area (Å²) in [5.74, 6) is -0.164. The van der Waals surface area contributed by atoms with E-state index in [0.29, 0.717) is 5.13 Å². The molecule has 1 amide bonds. The lowest BCUT2D eigenvalue weighted by atomic mass is 9.86. The minimum absolute atomic E-state index is 0.0144. The van der Waals surface area contributed by atoms with Crippen molar-refractivity contribution >= 4 is 22.4 Å².